The lowest BCUT2D eigenvalue weighted by Gasteiger charge is -2.14. The van der Waals surface area contributed by atoms with E-state index >= 15 is 0 Å². The van der Waals surface area contributed by atoms with Crippen LogP contribution in [0.4, 0.5) is 0 Å². The van der Waals surface area contributed by atoms with Crippen LogP contribution in [0.2, 0.25) is 0 Å². The first-order valence-corrected chi connectivity index (χ1v) is 9.48. The summed E-state index contributed by atoms with van der Waals surface area (Å²) in [5, 5.41) is 7.76. The highest BCUT2D eigenvalue weighted by molar-refractivity contribution is 6.16. The third kappa shape index (κ3) is 2.28. The average Bonchev–Trinajstić information content (AvgIpc) is 2.71. The summed E-state index contributed by atoms with van der Waals surface area (Å²) in [6, 6.07) is 26.2. The fourth-order valence-corrected chi connectivity index (χ4v) is 4.16. The van der Waals surface area contributed by atoms with Crippen molar-refractivity contribution in [3.63, 3.8) is 0 Å². The molecular formula is C25H21N. The van der Waals surface area contributed by atoms with E-state index in [-0.39, 0.29) is 0 Å². The zero-order valence-electron chi connectivity index (χ0n) is 15.0. The monoisotopic (exact) mass is 335 g/mol. The van der Waals surface area contributed by atoms with E-state index in [0.29, 0.717) is 0 Å². The maximum absolute atomic E-state index is 5.12. The Morgan fingerprint density at radius 1 is 0.692 bits per heavy atom. The fraction of sp³-hybridized carbons (Fsp3) is 0.160. The second-order valence-electron chi connectivity index (χ2n) is 7.06. The topological polar surface area (TPSA) is 12.9 Å². The number of benzene rings is 4. The average molecular weight is 335 g/mol. The summed E-state index contributed by atoms with van der Waals surface area (Å²) < 4.78 is 0. The Morgan fingerprint density at radius 2 is 1.38 bits per heavy atom. The molecule has 0 fully saturated rings. The van der Waals surface area contributed by atoms with E-state index in [2.05, 4.69) is 79.7 Å². The van der Waals surface area contributed by atoms with E-state index < -0.39 is 0 Å². The molecule has 126 valence electrons. The lowest BCUT2D eigenvalue weighted by molar-refractivity contribution is 0.802. The molecule has 0 aliphatic heterocycles. The van der Waals surface area contributed by atoms with Gasteiger partial charge in [-0.15, -0.1) is 0 Å². The quantitative estimate of drug-likeness (QED) is 0.254. The summed E-state index contributed by atoms with van der Waals surface area (Å²) in [4.78, 5) is 5.12. The van der Waals surface area contributed by atoms with Gasteiger partial charge in [-0.3, -0.25) is 0 Å². The zero-order valence-corrected chi connectivity index (χ0v) is 15.0. The van der Waals surface area contributed by atoms with E-state index in [4.69, 9.17) is 4.98 Å². The second-order valence-corrected chi connectivity index (χ2v) is 7.06. The molecule has 0 atom stereocenters. The van der Waals surface area contributed by atoms with Crippen LogP contribution in [0.1, 0.15) is 25.3 Å². The molecule has 4 aromatic carbocycles. The Labute approximate surface area is 153 Å². The minimum absolute atomic E-state index is 1.10. The Bertz CT molecular complexity index is 1270. The lowest BCUT2D eigenvalue weighted by atomic mass is 9.93. The fourth-order valence-electron chi connectivity index (χ4n) is 4.16. The highest BCUT2D eigenvalue weighted by Gasteiger charge is 2.13. The van der Waals surface area contributed by atoms with Gasteiger partial charge >= 0.3 is 0 Å². The maximum atomic E-state index is 5.12. The van der Waals surface area contributed by atoms with Crippen LogP contribution >= 0.6 is 0 Å². The minimum atomic E-state index is 1.10. The van der Waals surface area contributed by atoms with E-state index in [1.807, 2.05) is 0 Å². The Balaban J connectivity index is 2.00. The number of aryl methyl sites for hydroxylation is 1. The molecule has 0 aliphatic rings. The zero-order chi connectivity index (χ0) is 17.5. The van der Waals surface area contributed by atoms with Crippen molar-refractivity contribution in [2.75, 3.05) is 0 Å². The van der Waals surface area contributed by atoms with Crippen molar-refractivity contribution in [1.29, 1.82) is 0 Å². The van der Waals surface area contributed by atoms with Crippen molar-refractivity contribution in [2.24, 2.45) is 0 Å². The molecule has 0 radical (unpaired) electrons. The van der Waals surface area contributed by atoms with Crippen LogP contribution in [0.25, 0.3) is 43.4 Å². The van der Waals surface area contributed by atoms with E-state index in [0.717, 1.165) is 17.5 Å². The van der Waals surface area contributed by atoms with Gasteiger partial charge in [-0.1, -0.05) is 80.1 Å². The van der Waals surface area contributed by atoms with Gasteiger partial charge in [-0.05, 0) is 40.6 Å². The molecule has 1 nitrogen and oxygen atoms in total. The van der Waals surface area contributed by atoms with Gasteiger partial charge in [0.1, 0.15) is 0 Å². The third-order valence-corrected chi connectivity index (χ3v) is 5.45. The smallest absolute Gasteiger partial charge is 0.0790 e. The second kappa shape index (κ2) is 6.10. The van der Waals surface area contributed by atoms with Gasteiger partial charge < -0.3 is 0 Å². The van der Waals surface area contributed by atoms with Gasteiger partial charge in [0.05, 0.1) is 11.0 Å². The SMILES string of the molecule is CCCCc1c2ccc3ccccc3c2nc2ccc3ccccc3c12. The Morgan fingerprint density at radius 3 is 2.19 bits per heavy atom. The predicted molar refractivity (Wildman–Crippen MR) is 113 cm³/mol. The number of rotatable bonds is 3. The molecule has 0 spiro atoms. The number of unbranched alkanes of at least 4 members (excludes halogenated alkanes) is 1. The van der Waals surface area contributed by atoms with Crippen molar-refractivity contribution >= 4 is 43.4 Å². The molecule has 1 aromatic heterocycles. The molecular weight excluding hydrogens is 314 g/mol. The summed E-state index contributed by atoms with van der Waals surface area (Å²) in [6.07, 6.45) is 3.49. The largest absolute Gasteiger partial charge is 0.247 e. The summed E-state index contributed by atoms with van der Waals surface area (Å²) in [6.45, 7) is 2.26. The molecule has 0 bridgehead atoms. The highest BCUT2D eigenvalue weighted by atomic mass is 14.7. The van der Waals surface area contributed by atoms with Crippen LogP contribution in [0, 0.1) is 0 Å². The van der Waals surface area contributed by atoms with Crippen molar-refractivity contribution in [1.82, 2.24) is 4.98 Å². The number of aromatic nitrogens is 1. The molecule has 0 saturated heterocycles. The number of fused-ring (bicyclic) bond motifs is 6. The molecule has 0 N–H and O–H groups in total. The highest BCUT2D eigenvalue weighted by Crippen LogP contribution is 2.35. The molecule has 0 amide bonds. The van der Waals surface area contributed by atoms with Gasteiger partial charge in [0, 0.05) is 16.2 Å². The summed E-state index contributed by atoms with van der Waals surface area (Å²) in [5.41, 5.74) is 3.70. The van der Waals surface area contributed by atoms with Gasteiger partial charge in [-0.2, -0.15) is 0 Å². The first kappa shape index (κ1) is 15.3. The van der Waals surface area contributed by atoms with Crippen LogP contribution < -0.4 is 0 Å². The van der Waals surface area contributed by atoms with E-state index in [9.17, 15) is 0 Å². The molecule has 5 aromatic rings. The predicted octanol–water partition coefficient (Wildman–Crippen LogP) is 7.04. The molecule has 5 rings (SSSR count). The summed E-state index contributed by atoms with van der Waals surface area (Å²) >= 11 is 0. The molecule has 0 saturated carbocycles. The minimum Gasteiger partial charge on any atom is -0.247 e. The molecule has 1 heteroatoms. The maximum Gasteiger partial charge on any atom is 0.0790 e. The number of nitrogens with zero attached hydrogens (tertiary/aromatic N) is 1. The van der Waals surface area contributed by atoms with Gasteiger partial charge in [0.2, 0.25) is 0 Å². The summed E-state index contributed by atoms with van der Waals surface area (Å²) in [7, 11) is 0. The van der Waals surface area contributed by atoms with Gasteiger partial charge in [0.25, 0.3) is 0 Å². The molecule has 0 unspecified atom stereocenters. The number of hydrogen-bond acceptors (Lipinski definition) is 1. The van der Waals surface area contributed by atoms with Crippen molar-refractivity contribution in [2.45, 2.75) is 26.2 Å². The third-order valence-electron chi connectivity index (χ3n) is 5.45. The first-order chi connectivity index (χ1) is 12.9. The molecule has 0 aliphatic carbocycles. The van der Waals surface area contributed by atoms with Gasteiger partial charge in [0.15, 0.2) is 0 Å². The van der Waals surface area contributed by atoms with Crippen LogP contribution in [0.5, 0.6) is 0 Å². The first-order valence-electron chi connectivity index (χ1n) is 9.48. The van der Waals surface area contributed by atoms with Crippen LogP contribution in [-0.2, 0) is 6.42 Å². The van der Waals surface area contributed by atoms with Crippen molar-refractivity contribution in [3.05, 3.63) is 78.4 Å². The van der Waals surface area contributed by atoms with Crippen molar-refractivity contribution in [3.8, 4) is 0 Å². The number of pyridine rings is 1. The molecule has 1 heterocycles. The Kier molecular flexibility index (Phi) is 3.60. The van der Waals surface area contributed by atoms with Crippen molar-refractivity contribution < 1.29 is 0 Å². The van der Waals surface area contributed by atoms with Crippen LogP contribution in [-0.4, -0.2) is 4.98 Å². The lowest BCUT2D eigenvalue weighted by Crippen LogP contribution is -1.95. The standard InChI is InChI=1S/C25H21N/c1-2-3-10-21-22-15-13-18-9-5-7-12-20(18)25(22)26-23-16-14-17-8-4-6-11-19(17)24(21)23/h4-9,11-16H,2-3,10H2,1H3. The molecule has 26 heavy (non-hydrogen) atoms. The van der Waals surface area contributed by atoms with E-state index in [1.165, 1.54) is 50.7 Å². The Hall–Kier alpha value is -2.93. The van der Waals surface area contributed by atoms with Crippen LogP contribution in [0.3, 0.4) is 0 Å². The van der Waals surface area contributed by atoms with E-state index in [1.54, 1.807) is 0 Å². The van der Waals surface area contributed by atoms with Gasteiger partial charge in [-0.25, -0.2) is 4.98 Å². The van der Waals surface area contributed by atoms with Crippen LogP contribution in [0.15, 0.2) is 72.8 Å². The number of hydrogen-bond donors (Lipinski definition) is 0. The normalized spacial score (nSPS) is 11.7. The summed E-state index contributed by atoms with van der Waals surface area (Å²) in [5.74, 6) is 0.